The Morgan fingerprint density at radius 3 is 2.56 bits per heavy atom. The van der Waals surface area contributed by atoms with Crippen molar-refractivity contribution in [2.24, 2.45) is 0 Å². The molecule has 0 bridgehead atoms. The van der Waals surface area contributed by atoms with Crippen molar-refractivity contribution in [3.05, 3.63) is 16.8 Å². The zero-order valence-corrected chi connectivity index (χ0v) is 17.1. The quantitative estimate of drug-likeness (QED) is 0.716. The number of ether oxygens (including phenoxy) is 1. The molecule has 0 amide bonds. The number of rotatable bonds is 6. The summed E-state index contributed by atoms with van der Waals surface area (Å²) in [6.45, 7) is 4.92. The lowest BCUT2D eigenvalue weighted by molar-refractivity contribution is -0.126. The Bertz CT molecular complexity index is 717. The maximum absolute atomic E-state index is 11.1. The molecule has 2 aromatic heterocycles. The minimum atomic E-state index is -3.14. The van der Waals surface area contributed by atoms with E-state index >= 15 is 0 Å². The van der Waals surface area contributed by atoms with Crippen LogP contribution >= 0.6 is 11.3 Å². The molecule has 0 saturated carbocycles. The maximum Gasteiger partial charge on any atom is 0.299 e. The van der Waals surface area contributed by atoms with Crippen LogP contribution in [0.2, 0.25) is 0 Å². The van der Waals surface area contributed by atoms with Gasteiger partial charge in [0.05, 0.1) is 5.39 Å². The number of thiophene rings is 1. The van der Waals surface area contributed by atoms with Crippen LogP contribution in [0.4, 0.5) is 8.78 Å². The topological polar surface area (TPSA) is 72.3 Å². The molecule has 3 rings (SSSR count). The number of aromatic nitrogens is 2. The fourth-order valence-corrected chi connectivity index (χ4v) is 4.03. The molecule has 0 radical (unpaired) electrons. The number of alkyl halides is 2. The Morgan fingerprint density at radius 1 is 1.33 bits per heavy atom. The van der Waals surface area contributed by atoms with Gasteiger partial charge < -0.3 is 9.84 Å². The van der Waals surface area contributed by atoms with E-state index in [1.807, 2.05) is 11.3 Å². The lowest BCUT2D eigenvalue weighted by atomic mass is 10.1. The molecule has 1 aliphatic rings. The van der Waals surface area contributed by atoms with Gasteiger partial charge in [0.25, 0.3) is 5.92 Å². The van der Waals surface area contributed by atoms with Crippen LogP contribution in [-0.2, 0) is 17.6 Å². The number of hydrogen-bond donors (Lipinski definition) is 1. The molecular weight excluding hydrogens is 374 g/mol. The standard InChI is InChI=1S/C15H20N2OS.C3H4F2O.CH4O/c1-3-6-10(4-2)18-14-13-11-7-5-8-12(11)19-15(13)17-9-16-14;1-3(4,5)2-6;1-2/h9-10H,3-8H2,1-2H3;2H,1H3;2H,1H3. The van der Waals surface area contributed by atoms with Crippen LogP contribution in [0.25, 0.3) is 10.2 Å². The molecule has 2 aromatic rings. The first-order chi connectivity index (χ1) is 12.9. The Morgan fingerprint density at radius 2 is 2.00 bits per heavy atom. The first-order valence-electron chi connectivity index (χ1n) is 9.10. The van der Waals surface area contributed by atoms with Gasteiger partial charge in [0, 0.05) is 18.9 Å². The van der Waals surface area contributed by atoms with E-state index in [1.54, 1.807) is 6.33 Å². The first kappa shape index (κ1) is 23.4. The zero-order valence-electron chi connectivity index (χ0n) is 16.3. The third kappa shape index (κ3) is 6.77. The highest BCUT2D eigenvalue weighted by atomic mass is 32.1. The summed E-state index contributed by atoms with van der Waals surface area (Å²) >= 11 is 1.82. The highest BCUT2D eigenvalue weighted by Crippen LogP contribution is 2.40. The van der Waals surface area contributed by atoms with Gasteiger partial charge in [-0.3, -0.25) is 4.79 Å². The van der Waals surface area contributed by atoms with Gasteiger partial charge in [0.15, 0.2) is 6.29 Å². The van der Waals surface area contributed by atoms with Gasteiger partial charge in [0.2, 0.25) is 5.88 Å². The highest BCUT2D eigenvalue weighted by molar-refractivity contribution is 7.18. The Labute approximate surface area is 162 Å². The lowest BCUT2D eigenvalue weighted by Crippen LogP contribution is -2.15. The van der Waals surface area contributed by atoms with Crippen LogP contribution in [0.3, 0.4) is 0 Å². The van der Waals surface area contributed by atoms with Crippen LogP contribution in [0, 0.1) is 0 Å². The molecule has 0 aliphatic heterocycles. The molecule has 0 aromatic carbocycles. The second-order valence-corrected chi connectivity index (χ2v) is 7.31. The summed E-state index contributed by atoms with van der Waals surface area (Å²) in [7, 11) is 1.00. The largest absolute Gasteiger partial charge is 0.474 e. The molecule has 1 aliphatic carbocycles. The summed E-state index contributed by atoms with van der Waals surface area (Å²) in [4.78, 5) is 20.5. The van der Waals surface area contributed by atoms with Gasteiger partial charge in [-0.05, 0) is 37.7 Å². The van der Waals surface area contributed by atoms with E-state index in [0.717, 1.165) is 43.5 Å². The molecule has 1 N–H and O–H groups in total. The molecule has 0 spiro atoms. The second-order valence-electron chi connectivity index (χ2n) is 6.23. The number of halogens is 2. The van der Waals surface area contributed by atoms with Gasteiger partial charge in [-0.2, -0.15) is 8.78 Å². The van der Waals surface area contributed by atoms with E-state index < -0.39 is 12.2 Å². The SMILES string of the molecule is CC(F)(F)C=O.CCCC(CC)Oc1ncnc2sc3c(c12)CCC3.CO. The van der Waals surface area contributed by atoms with Crippen molar-refractivity contribution < 1.29 is 23.4 Å². The van der Waals surface area contributed by atoms with E-state index in [4.69, 9.17) is 14.6 Å². The van der Waals surface area contributed by atoms with Crippen LogP contribution in [-0.4, -0.2) is 40.5 Å². The number of aliphatic hydroxyl groups is 1. The monoisotopic (exact) mass is 402 g/mol. The fourth-order valence-electron chi connectivity index (χ4n) is 2.82. The van der Waals surface area contributed by atoms with E-state index in [1.165, 1.54) is 28.7 Å². The fraction of sp³-hybridized carbons (Fsp3) is 0.632. The first-order valence-corrected chi connectivity index (χ1v) is 9.92. The van der Waals surface area contributed by atoms with Crippen LogP contribution in [0.1, 0.15) is 56.9 Å². The van der Waals surface area contributed by atoms with Crippen molar-refractivity contribution in [2.45, 2.75) is 71.3 Å². The summed E-state index contributed by atoms with van der Waals surface area (Å²) in [6, 6.07) is 0. The van der Waals surface area contributed by atoms with Crippen LogP contribution in [0.5, 0.6) is 5.88 Å². The molecule has 1 atom stereocenters. The predicted molar refractivity (Wildman–Crippen MR) is 104 cm³/mol. The van der Waals surface area contributed by atoms with Crippen LogP contribution in [0.15, 0.2) is 6.33 Å². The summed E-state index contributed by atoms with van der Waals surface area (Å²) in [6.07, 6.45) is 8.41. The van der Waals surface area contributed by atoms with Gasteiger partial charge in [-0.25, -0.2) is 9.97 Å². The van der Waals surface area contributed by atoms with Gasteiger partial charge in [-0.15, -0.1) is 11.3 Å². The van der Waals surface area contributed by atoms with Crippen molar-refractivity contribution in [2.75, 3.05) is 7.11 Å². The van der Waals surface area contributed by atoms with Crippen molar-refractivity contribution in [1.29, 1.82) is 0 Å². The van der Waals surface area contributed by atoms with Crippen molar-refractivity contribution >= 4 is 27.8 Å². The Balaban J connectivity index is 0.000000392. The number of aliphatic hydroxyl groups excluding tert-OH is 1. The van der Waals surface area contributed by atoms with Crippen LogP contribution < -0.4 is 4.74 Å². The summed E-state index contributed by atoms with van der Waals surface area (Å²) in [5.41, 5.74) is 1.45. The highest BCUT2D eigenvalue weighted by Gasteiger charge is 2.23. The third-order valence-electron chi connectivity index (χ3n) is 4.02. The number of aryl methyl sites for hydroxylation is 2. The lowest BCUT2D eigenvalue weighted by Gasteiger charge is -2.16. The Hall–Kier alpha value is -1.67. The van der Waals surface area contributed by atoms with E-state index in [-0.39, 0.29) is 6.10 Å². The summed E-state index contributed by atoms with van der Waals surface area (Å²) < 4.78 is 28.3. The van der Waals surface area contributed by atoms with Gasteiger partial charge >= 0.3 is 0 Å². The second kappa shape index (κ2) is 11.2. The van der Waals surface area contributed by atoms with E-state index in [9.17, 15) is 8.78 Å². The molecular formula is C19H28F2N2O3S. The van der Waals surface area contributed by atoms with Crippen molar-refractivity contribution in [3.8, 4) is 5.88 Å². The molecule has 152 valence electrons. The number of hydrogen-bond acceptors (Lipinski definition) is 6. The third-order valence-corrected chi connectivity index (χ3v) is 5.22. The molecule has 8 heteroatoms. The minimum Gasteiger partial charge on any atom is -0.474 e. The number of fused-ring (bicyclic) bond motifs is 3. The van der Waals surface area contributed by atoms with E-state index in [0.29, 0.717) is 6.92 Å². The number of carbonyl (C=O) groups excluding carboxylic acids is 1. The molecule has 5 nitrogen and oxygen atoms in total. The molecule has 2 heterocycles. The summed E-state index contributed by atoms with van der Waals surface area (Å²) in [5, 5.41) is 8.19. The Kier molecular flexibility index (Phi) is 9.73. The van der Waals surface area contributed by atoms with Gasteiger partial charge in [-0.1, -0.05) is 20.3 Å². The van der Waals surface area contributed by atoms with Crippen molar-refractivity contribution in [1.82, 2.24) is 9.97 Å². The minimum absolute atomic E-state index is 0.278. The normalized spacial score (nSPS) is 13.7. The van der Waals surface area contributed by atoms with E-state index in [2.05, 4.69) is 23.8 Å². The smallest absolute Gasteiger partial charge is 0.299 e. The average Bonchev–Trinajstić information content (AvgIpc) is 3.24. The number of carbonyl (C=O) groups is 1. The zero-order chi connectivity index (χ0) is 20.4. The number of aldehydes is 1. The molecule has 0 saturated heterocycles. The van der Waals surface area contributed by atoms with Crippen molar-refractivity contribution in [3.63, 3.8) is 0 Å². The number of nitrogens with zero attached hydrogens (tertiary/aromatic N) is 2. The summed E-state index contributed by atoms with van der Waals surface area (Å²) in [5.74, 6) is -2.33. The maximum atomic E-state index is 11.1. The average molecular weight is 403 g/mol. The van der Waals surface area contributed by atoms with Gasteiger partial charge in [0.1, 0.15) is 17.3 Å². The predicted octanol–water partition coefficient (Wildman–Crippen LogP) is 4.59. The molecule has 27 heavy (non-hydrogen) atoms. The molecule has 0 fully saturated rings. The molecule has 1 unspecified atom stereocenters.